The summed E-state index contributed by atoms with van der Waals surface area (Å²) in [7, 11) is 0. The van der Waals surface area contributed by atoms with Crippen molar-refractivity contribution >= 4 is 0 Å². The van der Waals surface area contributed by atoms with Crippen LogP contribution >= 0.6 is 0 Å². The van der Waals surface area contributed by atoms with Crippen LogP contribution in [0.5, 0.6) is 23.0 Å². The molecule has 5 aromatic carbocycles. The second-order valence-electron chi connectivity index (χ2n) is 17.8. The van der Waals surface area contributed by atoms with Gasteiger partial charge in [0, 0.05) is 11.8 Å². The van der Waals surface area contributed by atoms with E-state index in [0.717, 1.165) is 22.3 Å². The predicted molar refractivity (Wildman–Crippen MR) is 216 cm³/mol. The van der Waals surface area contributed by atoms with Crippen LogP contribution in [0, 0.1) is 63.2 Å². The molecule has 0 heterocycles. The number of aromatic hydroxyl groups is 4. The Balaban J connectivity index is 0.909. The van der Waals surface area contributed by atoms with Crippen LogP contribution < -0.4 is 0 Å². The van der Waals surface area contributed by atoms with Gasteiger partial charge in [-0.3, -0.25) is 0 Å². The molecule has 0 aromatic heterocycles. The topological polar surface area (TPSA) is 80.9 Å². The van der Waals surface area contributed by atoms with Gasteiger partial charge in [-0.05, 0) is 193 Å². The first-order chi connectivity index (χ1) is 26.0. The minimum atomic E-state index is 0.249. The van der Waals surface area contributed by atoms with E-state index in [1.807, 2.05) is 52.0 Å². The first-order valence-electron chi connectivity index (χ1n) is 20.3. The van der Waals surface area contributed by atoms with Crippen LogP contribution in [0.4, 0.5) is 0 Å². The van der Waals surface area contributed by atoms with Crippen molar-refractivity contribution in [1.82, 2.24) is 0 Å². The van der Waals surface area contributed by atoms with Crippen LogP contribution in [0.3, 0.4) is 0 Å². The molecule has 0 aliphatic heterocycles. The summed E-state index contributed by atoms with van der Waals surface area (Å²) in [6.07, 6.45) is 7.42. The Morgan fingerprint density at radius 1 is 0.370 bits per heavy atom. The fourth-order valence-corrected chi connectivity index (χ4v) is 12.1. The molecule has 0 saturated heterocycles. The molecule has 9 rings (SSSR count). The van der Waals surface area contributed by atoms with Crippen molar-refractivity contribution in [3.8, 4) is 23.0 Å². The maximum Gasteiger partial charge on any atom is 0.118 e. The van der Waals surface area contributed by atoms with E-state index in [1.54, 1.807) is 0 Å². The highest BCUT2D eigenvalue weighted by molar-refractivity contribution is 5.47. The molecule has 4 aliphatic carbocycles. The fourth-order valence-electron chi connectivity index (χ4n) is 12.1. The van der Waals surface area contributed by atoms with E-state index in [1.165, 1.54) is 71.9 Å². The Morgan fingerprint density at radius 3 is 0.907 bits per heavy atom. The SMILES string of the molecule is Cc1cc(C(c2ccc(O)c(C)c2)C2CC3CC2CC3c2ccc(C3CC4CC3CC4C(c3ccc(O)c(C)c3)c3ccc(O)c(C)c3)cc2)ccc1O. The number of phenolic OH excluding ortho intramolecular Hbond substituents is 4. The molecule has 8 unspecified atom stereocenters. The van der Waals surface area contributed by atoms with Gasteiger partial charge < -0.3 is 20.4 Å². The maximum atomic E-state index is 10.3. The quantitative estimate of drug-likeness (QED) is 0.129. The van der Waals surface area contributed by atoms with Crippen molar-refractivity contribution in [2.75, 3.05) is 0 Å². The largest absolute Gasteiger partial charge is 0.508 e. The van der Waals surface area contributed by atoms with Crippen molar-refractivity contribution in [1.29, 1.82) is 0 Å². The number of benzene rings is 5. The second-order valence-corrected chi connectivity index (χ2v) is 17.8. The summed E-state index contributed by atoms with van der Waals surface area (Å²) in [6.45, 7) is 7.95. The lowest BCUT2D eigenvalue weighted by atomic mass is 9.68. The normalized spacial score (nSPS) is 27.1. The monoisotopic (exact) mass is 718 g/mol. The van der Waals surface area contributed by atoms with Crippen LogP contribution in [-0.4, -0.2) is 20.4 Å². The van der Waals surface area contributed by atoms with Crippen LogP contribution in [0.1, 0.15) is 118 Å². The van der Waals surface area contributed by atoms with Gasteiger partial charge in [0.2, 0.25) is 0 Å². The first-order valence-corrected chi connectivity index (χ1v) is 20.3. The lowest BCUT2D eigenvalue weighted by molar-refractivity contribution is 0.278. The Labute approximate surface area is 320 Å². The van der Waals surface area contributed by atoms with Crippen molar-refractivity contribution in [2.24, 2.45) is 35.5 Å². The zero-order valence-corrected chi connectivity index (χ0v) is 32.0. The molecule has 4 saturated carbocycles. The summed E-state index contributed by atoms with van der Waals surface area (Å²) in [6, 6.07) is 34.4. The molecule has 0 spiro atoms. The van der Waals surface area contributed by atoms with Crippen molar-refractivity contribution in [2.45, 2.75) is 89.9 Å². The van der Waals surface area contributed by atoms with Gasteiger partial charge in [-0.1, -0.05) is 72.8 Å². The maximum absolute atomic E-state index is 10.3. The number of aryl methyl sites for hydroxylation is 4. The molecule has 4 fully saturated rings. The molecule has 4 bridgehead atoms. The molecule has 5 aromatic rings. The van der Waals surface area contributed by atoms with E-state index in [0.29, 0.717) is 70.3 Å². The Kier molecular flexibility index (Phi) is 8.79. The molecule has 0 amide bonds. The minimum Gasteiger partial charge on any atom is -0.508 e. The van der Waals surface area contributed by atoms with Crippen LogP contribution in [0.2, 0.25) is 0 Å². The molecule has 0 radical (unpaired) electrons. The van der Waals surface area contributed by atoms with Gasteiger partial charge in [0.25, 0.3) is 0 Å². The molecule has 54 heavy (non-hydrogen) atoms. The van der Waals surface area contributed by atoms with Gasteiger partial charge in [0.05, 0.1) is 0 Å². The van der Waals surface area contributed by atoms with Crippen LogP contribution in [0.15, 0.2) is 97.1 Å². The van der Waals surface area contributed by atoms with Crippen molar-refractivity contribution in [3.63, 3.8) is 0 Å². The summed E-state index contributed by atoms with van der Waals surface area (Å²) in [4.78, 5) is 0. The lowest BCUT2D eigenvalue weighted by Crippen LogP contribution is -2.24. The fraction of sp³-hybridized carbons (Fsp3) is 0.400. The minimum absolute atomic E-state index is 0.249. The first kappa shape index (κ1) is 35.0. The highest BCUT2D eigenvalue weighted by Crippen LogP contribution is 2.62. The lowest BCUT2D eigenvalue weighted by Gasteiger charge is -2.36. The average Bonchev–Trinajstić information content (AvgIpc) is 3.97. The summed E-state index contributed by atoms with van der Waals surface area (Å²) >= 11 is 0. The Morgan fingerprint density at radius 2 is 0.667 bits per heavy atom. The molecular formula is C50H54O4. The number of phenols is 4. The third-order valence-electron chi connectivity index (χ3n) is 14.8. The summed E-state index contributed by atoms with van der Waals surface area (Å²) in [5.41, 5.74) is 11.8. The van der Waals surface area contributed by atoms with Gasteiger partial charge in [-0.25, -0.2) is 0 Å². The third kappa shape index (κ3) is 6.06. The molecule has 4 N–H and O–H groups in total. The number of rotatable bonds is 8. The van der Waals surface area contributed by atoms with Gasteiger partial charge in [-0.15, -0.1) is 0 Å². The Bertz CT molecular complexity index is 1940. The third-order valence-corrected chi connectivity index (χ3v) is 14.8. The molecule has 4 nitrogen and oxygen atoms in total. The second kappa shape index (κ2) is 13.6. The van der Waals surface area contributed by atoms with E-state index < -0.39 is 0 Å². The number of hydrogen-bond acceptors (Lipinski definition) is 4. The highest BCUT2D eigenvalue weighted by Gasteiger charge is 2.51. The molecule has 4 aliphatic rings. The number of fused-ring (bicyclic) bond motifs is 4. The standard InChI is InChI=1S/C50H54O4/c1-27-17-33(9-13-45(27)51)49(34-10-14-46(52)28(2)18-34)43-25-37-21-39(43)23-41(37)31-5-7-32(8-6-31)42-24-40-22-38(42)26-44(40)50(35-11-15-47(53)29(3)19-35)36-12-16-48(54)30(4)20-36/h5-20,37-44,49-54H,21-26H2,1-4H3. The molecule has 8 atom stereocenters. The Hall–Kier alpha value is -4.70. The molecule has 278 valence electrons. The summed E-state index contributed by atoms with van der Waals surface area (Å²) in [5.74, 6) is 6.84. The van der Waals surface area contributed by atoms with E-state index in [-0.39, 0.29) is 11.8 Å². The smallest absolute Gasteiger partial charge is 0.118 e. The zero-order valence-electron chi connectivity index (χ0n) is 32.0. The van der Waals surface area contributed by atoms with E-state index in [4.69, 9.17) is 0 Å². The van der Waals surface area contributed by atoms with E-state index in [9.17, 15) is 20.4 Å². The number of hydrogen-bond donors (Lipinski definition) is 4. The van der Waals surface area contributed by atoms with Gasteiger partial charge >= 0.3 is 0 Å². The summed E-state index contributed by atoms with van der Waals surface area (Å²) in [5, 5.41) is 41.3. The van der Waals surface area contributed by atoms with Crippen molar-refractivity contribution in [3.05, 3.63) is 153 Å². The van der Waals surface area contributed by atoms with Gasteiger partial charge in [0.15, 0.2) is 0 Å². The van der Waals surface area contributed by atoms with E-state index >= 15 is 0 Å². The predicted octanol–water partition coefficient (Wildman–Crippen LogP) is 11.7. The van der Waals surface area contributed by atoms with Gasteiger partial charge in [-0.2, -0.15) is 0 Å². The zero-order chi connectivity index (χ0) is 37.4. The van der Waals surface area contributed by atoms with E-state index in [2.05, 4.69) is 72.8 Å². The average molecular weight is 719 g/mol. The molecular weight excluding hydrogens is 665 g/mol. The van der Waals surface area contributed by atoms with Gasteiger partial charge in [0.1, 0.15) is 23.0 Å². The van der Waals surface area contributed by atoms with Crippen molar-refractivity contribution < 1.29 is 20.4 Å². The van der Waals surface area contributed by atoms with Crippen LogP contribution in [-0.2, 0) is 0 Å². The molecule has 4 heteroatoms. The van der Waals surface area contributed by atoms with Crippen LogP contribution in [0.25, 0.3) is 0 Å². The highest BCUT2D eigenvalue weighted by atomic mass is 16.3. The summed E-state index contributed by atoms with van der Waals surface area (Å²) < 4.78 is 0.